The minimum absolute atomic E-state index is 0.0380. The molecule has 136 valence electrons. The van der Waals surface area contributed by atoms with E-state index in [1.807, 2.05) is 22.9 Å². The molecule has 4 nitrogen and oxygen atoms in total. The van der Waals surface area contributed by atoms with Gasteiger partial charge in [0, 0.05) is 28.9 Å². The van der Waals surface area contributed by atoms with Crippen molar-refractivity contribution in [3.8, 4) is 10.4 Å². The van der Waals surface area contributed by atoms with Crippen LogP contribution < -0.4 is 5.56 Å². The third kappa shape index (κ3) is 2.94. The number of aromatic amines is 1. The molecular weight excluding hydrogens is 374 g/mol. The van der Waals surface area contributed by atoms with Crippen LogP contribution >= 0.6 is 22.7 Å². The number of H-pyrrole nitrogens is 1. The van der Waals surface area contributed by atoms with Crippen LogP contribution in [0.3, 0.4) is 0 Å². The summed E-state index contributed by atoms with van der Waals surface area (Å²) < 4.78 is 0. The molecule has 0 bridgehead atoms. The van der Waals surface area contributed by atoms with Crippen molar-refractivity contribution in [1.82, 2.24) is 14.9 Å². The maximum Gasteiger partial charge on any atom is 0.260 e. The highest BCUT2D eigenvalue weighted by molar-refractivity contribution is 7.18. The van der Waals surface area contributed by atoms with Crippen LogP contribution in [0.5, 0.6) is 0 Å². The Bertz CT molecular complexity index is 1160. The molecule has 27 heavy (non-hydrogen) atoms. The molecule has 0 unspecified atom stereocenters. The lowest BCUT2D eigenvalue weighted by molar-refractivity contribution is 0.185. The van der Waals surface area contributed by atoms with Gasteiger partial charge in [0.25, 0.3) is 5.56 Å². The van der Waals surface area contributed by atoms with E-state index in [0.29, 0.717) is 5.39 Å². The molecule has 1 N–H and O–H groups in total. The molecule has 4 aromatic rings. The summed E-state index contributed by atoms with van der Waals surface area (Å²) in [5, 5.41) is 4.79. The van der Waals surface area contributed by atoms with Gasteiger partial charge in [0.1, 0.15) is 10.7 Å². The first kappa shape index (κ1) is 16.9. The summed E-state index contributed by atoms with van der Waals surface area (Å²) in [7, 11) is 0. The molecule has 4 heterocycles. The average Bonchev–Trinajstić information content (AvgIpc) is 3.36. The highest BCUT2D eigenvalue weighted by atomic mass is 32.1. The van der Waals surface area contributed by atoms with Crippen LogP contribution in [0, 0.1) is 0 Å². The fourth-order valence-corrected chi connectivity index (χ4v) is 5.57. The minimum atomic E-state index is -0.0380. The van der Waals surface area contributed by atoms with E-state index in [2.05, 4.69) is 41.1 Å². The van der Waals surface area contributed by atoms with Crippen molar-refractivity contribution in [2.75, 3.05) is 6.54 Å². The highest BCUT2D eigenvalue weighted by Gasteiger charge is 2.24. The molecule has 0 aliphatic carbocycles. The van der Waals surface area contributed by atoms with Crippen molar-refractivity contribution < 1.29 is 0 Å². The molecule has 0 saturated heterocycles. The van der Waals surface area contributed by atoms with E-state index in [1.54, 1.807) is 22.7 Å². The second-order valence-electron chi connectivity index (χ2n) is 6.92. The van der Waals surface area contributed by atoms with Gasteiger partial charge in [-0.2, -0.15) is 0 Å². The molecule has 0 spiro atoms. The minimum Gasteiger partial charge on any atom is -0.309 e. The predicted octanol–water partition coefficient (Wildman–Crippen LogP) is 4.83. The Morgan fingerprint density at radius 2 is 2.00 bits per heavy atom. The summed E-state index contributed by atoms with van der Waals surface area (Å²) >= 11 is 3.20. The summed E-state index contributed by atoms with van der Waals surface area (Å²) in [6, 6.07) is 12.7. The van der Waals surface area contributed by atoms with Gasteiger partial charge in [0.05, 0.1) is 11.4 Å². The van der Waals surface area contributed by atoms with Crippen molar-refractivity contribution in [2.45, 2.75) is 25.9 Å². The molecule has 0 fully saturated rings. The van der Waals surface area contributed by atoms with Crippen LogP contribution in [0.15, 0.2) is 52.0 Å². The van der Waals surface area contributed by atoms with E-state index < -0.39 is 0 Å². The van der Waals surface area contributed by atoms with Gasteiger partial charge in [0.15, 0.2) is 0 Å². The van der Waals surface area contributed by atoms with Gasteiger partial charge in [-0.15, -0.1) is 22.7 Å². The summed E-state index contributed by atoms with van der Waals surface area (Å²) in [6.07, 6.45) is 1.04. The standard InChI is InChI=1S/C21H19N3OS2/c1-13(24-9-8-14-5-2-3-6-15(14)11-24)19-22-20(25)18-16(12-27-21(18)23-19)17-7-4-10-26-17/h2-7,10,12-13H,8-9,11H2,1H3,(H,22,23,25)/t13-/m0/s1. The van der Waals surface area contributed by atoms with E-state index in [-0.39, 0.29) is 11.6 Å². The number of thiophene rings is 2. The molecule has 5 rings (SSSR count). The van der Waals surface area contributed by atoms with Crippen LogP contribution in [-0.4, -0.2) is 21.4 Å². The van der Waals surface area contributed by atoms with Crippen molar-refractivity contribution in [2.24, 2.45) is 0 Å². The smallest absolute Gasteiger partial charge is 0.260 e. The molecule has 1 aliphatic rings. The van der Waals surface area contributed by atoms with Crippen molar-refractivity contribution in [3.63, 3.8) is 0 Å². The molecule has 6 heteroatoms. The van der Waals surface area contributed by atoms with Crippen LogP contribution in [0.1, 0.15) is 29.9 Å². The Hall–Kier alpha value is -2.28. The van der Waals surface area contributed by atoms with E-state index in [4.69, 9.17) is 4.98 Å². The highest BCUT2D eigenvalue weighted by Crippen LogP contribution is 2.34. The number of hydrogen-bond acceptors (Lipinski definition) is 5. The Kier molecular flexibility index (Phi) is 4.19. The summed E-state index contributed by atoms with van der Waals surface area (Å²) in [4.78, 5) is 25.1. The Morgan fingerprint density at radius 3 is 2.81 bits per heavy atom. The number of hydrogen-bond donors (Lipinski definition) is 1. The van der Waals surface area contributed by atoms with E-state index in [1.165, 1.54) is 11.1 Å². The maximum atomic E-state index is 12.9. The number of aromatic nitrogens is 2. The fourth-order valence-electron chi connectivity index (χ4n) is 3.80. The topological polar surface area (TPSA) is 49.0 Å². The van der Waals surface area contributed by atoms with Crippen molar-refractivity contribution in [1.29, 1.82) is 0 Å². The van der Waals surface area contributed by atoms with Crippen molar-refractivity contribution in [3.05, 3.63) is 74.5 Å². The van der Waals surface area contributed by atoms with Gasteiger partial charge >= 0.3 is 0 Å². The number of nitrogens with zero attached hydrogens (tertiary/aromatic N) is 2. The monoisotopic (exact) mass is 393 g/mol. The second-order valence-corrected chi connectivity index (χ2v) is 8.73. The van der Waals surface area contributed by atoms with Gasteiger partial charge in [-0.3, -0.25) is 9.69 Å². The fraction of sp³-hybridized carbons (Fsp3) is 0.238. The lowest BCUT2D eigenvalue weighted by atomic mass is 9.99. The molecule has 0 radical (unpaired) electrons. The maximum absolute atomic E-state index is 12.9. The summed E-state index contributed by atoms with van der Waals surface area (Å²) in [6.45, 7) is 4.00. The molecule has 1 aliphatic heterocycles. The lowest BCUT2D eigenvalue weighted by Crippen LogP contribution is -2.34. The van der Waals surface area contributed by atoms with Gasteiger partial charge in [-0.05, 0) is 35.9 Å². The third-order valence-electron chi connectivity index (χ3n) is 5.35. The van der Waals surface area contributed by atoms with Gasteiger partial charge in [0.2, 0.25) is 0 Å². The third-order valence-corrected chi connectivity index (χ3v) is 7.13. The number of benzene rings is 1. The summed E-state index contributed by atoms with van der Waals surface area (Å²) in [5.41, 5.74) is 3.75. The zero-order chi connectivity index (χ0) is 18.4. The van der Waals surface area contributed by atoms with Gasteiger partial charge in [-0.25, -0.2) is 4.98 Å². The Labute approximate surface area is 165 Å². The van der Waals surface area contributed by atoms with E-state index in [0.717, 1.165) is 40.6 Å². The van der Waals surface area contributed by atoms with Crippen molar-refractivity contribution >= 4 is 32.9 Å². The average molecular weight is 394 g/mol. The quantitative estimate of drug-likeness (QED) is 0.542. The zero-order valence-corrected chi connectivity index (χ0v) is 16.6. The first-order valence-corrected chi connectivity index (χ1v) is 10.8. The van der Waals surface area contributed by atoms with Gasteiger partial charge in [-0.1, -0.05) is 30.3 Å². The molecule has 0 saturated carbocycles. The van der Waals surface area contributed by atoms with Crippen LogP contribution in [0.2, 0.25) is 0 Å². The molecule has 0 amide bonds. The summed E-state index contributed by atoms with van der Waals surface area (Å²) in [5.74, 6) is 0.756. The van der Waals surface area contributed by atoms with Crippen LogP contribution in [0.4, 0.5) is 0 Å². The zero-order valence-electron chi connectivity index (χ0n) is 14.9. The molecule has 1 aromatic carbocycles. The first-order valence-electron chi connectivity index (χ1n) is 9.07. The first-order chi connectivity index (χ1) is 13.2. The molecule has 3 aromatic heterocycles. The van der Waals surface area contributed by atoms with Crippen LogP contribution in [0.25, 0.3) is 20.7 Å². The number of nitrogens with one attached hydrogen (secondary N) is 1. The van der Waals surface area contributed by atoms with E-state index >= 15 is 0 Å². The normalized spacial score (nSPS) is 15.7. The van der Waals surface area contributed by atoms with Crippen LogP contribution in [-0.2, 0) is 13.0 Å². The second kappa shape index (κ2) is 6.71. The van der Waals surface area contributed by atoms with Gasteiger partial charge < -0.3 is 4.98 Å². The number of rotatable bonds is 3. The number of fused-ring (bicyclic) bond motifs is 2. The Morgan fingerprint density at radius 1 is 1.15 bits per heavy atom. The van der Waals surface area contributed by atoms with E-state index in [9.17, 15) is 4.79 Å². The lowest BCUT2D eigenvalue weighted by Gasteiger charge is -2.33. The Balaban J connectivity index is 1.50. The largest absolute Gasteiger partial charge is 0.309 e. The predicted molar refractivity (Wildman–Crippen MR) is 113 cm³/mol. The SMILES string of the molecule is C[C@@H](c1nc2scc(-c3cccs3)c2c(=O)[nH]1)N1CCc2ccccc2C1. The molecular formula is C21H19N3OS2. The molecule has 1 atom stereocenters.